The Labute approximate surface area is 106 Å². The van der Waals surface area contributed by atoms with Crippen LogP contribution in [0.5, 0.6) is 0 Å². The molecule has 0 aromatic heterocycles. The molecule has 1 rings (SSSR count). The number of aliphatic hydroxyl groups is 1. The molecule has 0 unspecified atom stereocenters. The molecule has 16 heavy (non-hydrogen) atoms. The quantitative estimate of drug-likeness (QED) is 0.617. The van der Waals surface area contributed by atoms with E-state index in [2.05, 4.69) is 0 Å². The smallest absolute Gasteiger partial charge is 0.107 e. The fourth-order valence-electron chi connectivity index (χ4n) is 1.53. The summed E-state index contributed by atoms with van der Waals surface area (Å²) >= 11 is 6.70. The van der Waals surface area contributed by atoms with Crippen LogP contribution in [-0.2, 0) is 0 Å². The normalized spacial score (nSPS) is 10.2. The summed E-state index contributed by atoms with van der Waals surface area (Å²) in [5.74, 6) is 0. The van der Waals surface area contributed by atoms with Crippen molar-refractivity contribution in [1.29, 1.82) is 0 Å². The van der Waals surface area contributed by atoms with E-state index in [1.807, 2.05) is 36.4 Å². The zero-order valence-electron chi connectivity index (χ0n) is 9.43. The van der Waals surface area contributed by atoms with Crippen LogP contribution in [0.4, 0.5) is 5.69 Å². The minimum Gasteiger partial charge on any atom is -0.395 e. The zero-order chi connectivity index (χ0) is 12.1. The van der Waals surface area contributed by atoms with E-state index in [0.29, 0.717) is 11.5 Å². The highest BCUT2D eigenvalue weighted by Gasteiger charge is 2.13. The maximum absolute atomic E-state index is 8.94. The Kier molecular flexibility index (Phi) is 5.05. The van der Waals surface area contributed by atoms with Gasteiger partial charge in [0.2, 0.25) is 0 Å². The number of anilines is 1. The van der Waals surface area contributed by atoms with Gasteiger partial charge in [-0.2, -0.15) is 0 Å². The lowest BCUT2D eigenvalue weighted by Crippen LogP contribution is -2.25. The monoisotopic (exact) mass is 256 g/mol. The van der Waals surface area contributed by atoms with Crippen molar-refractivity contribution in [3.05, 3.63) is 23.8 Å². The molecule has 0 bridgehead atoms. The molecule has 3 nitrogen and oxygen atoms in total. The van der Waals surface area contributed by atoms with Crippen LogP contribution in [-0.4, -0.2) is 36.6 Å². The number of aliphatic hydroxyl groups excluding tert-OH is 1. The van der Waals surface area contributed by atoms with Gasteiger partial charge in [0.25, 0.3) is 0 Å². The van der Waals surface area contributed by atoms with Crippen molar-refractivity contribution >= 4 is 34.7 Å². The van der Waals surface area contributed by atoms with Crippen LogP contribution in [0.25, 0.3) is 0 Å². The second-order valence-corrected chi connectivity index (χ2v) is 4.65. The van der Waals surface area contributed by atoms with Crippen molar-refractivity contribution < 1.29 is 5.11 Å². The van der Waals surface area contributed by atoms with Crippen LogP contribution >= 0.6 is 24.0 Å². The first-order valence-corrected chi connectivity index (χ1v) is 6.54. The van der Waals surface area contributed by atoms with E-state index < -0.39 is 0 Å². The van der Waals surface area contributed by atoms with Gasteiger partial charge in [0.05, 0.1) is 6.61 Å². The minimum absolute atomic E-state index is 0.108. The number of benzene rings is 1. The van der Waals surface area contributed by atoms with E-state index in [1.165, 1.54) is 0 Å². The molecule has 0 saturated carbocycles. The minimum atomic E-state index is 0.108. The van der Waals surface area contributed by atoms with Crippen LogP contribution in [0.15, 0.2) is 23.1 Å². The number of nitrogens with zero attached hydrogens (tertiary/aromatic N) is 1. The Morgan fingerprint density at radius 3 is 2.75 bits per heavy atom. The standard InChI is InChI=1S/C11H16N2OS2/c1-13(6-7-14)8-4-3-5-9(16-2)10(8)11(12)15/h3-5,14H,6-7H2,1-2H3,(H2,12,15). The summed E-state index contributed by atoms with van der Waals surface area (Å²) in [6.07, 6.45) is 1.99. The summed E-state index contributed by atoms with van der Waals surface area (Å²) in [7, 11) is 1.91. The van der Waals surface area contributed by atoms with Gasteiger partial charge in [0.1, 0.15) is 4.99 Å². The summed E-state index contributed by atoms with van der Waals surface area (Å²) in [5.41, 5.74) is 7.61. The van der Waals surface area contributed by atoms with Gasteiger partial charge in [-0.25, -0.2) is 0 Å². The average Bonchev–Trinajstić information content (AvgIpc) is 2.28. The molecule has 0 aliphatic rings. The van der Waals surface area contributed by atoms with Gasteiger partial charge in [-0.3, -0.25) is 0 Å². The fraction of sp³-hybridized carbons (Fsp3) is 0.364. The van der Waals surface area contributed by atoms with Crippen molar-refractivity contribution in [2.75, 3.05) is 31.4 Å². The second kappa shape index (κ2) is 6.08. The molecule has 0 spiro atoms. The third-order valence-corrected chi connectivity index (χ3v) is 3.30. The number of likely N-dealkylation sites (N-methyl/N-ethyl adjacent to an activating group) is 1. The molecule has 0 aliphatic heterocycles. The average molecular weight is 256 g/mol. The summed E-state index contributed by atoms with van der Waals surface area (Å²) in [4.78, 5) is 3.41. The second-order valence-electron chi connectivity index (χ2n) is 3.36. The molecular formula is C11H16N2OS2. The van der Waals surface area contributed by atoms with Crippen molar-refractivity contribution in [3.63, 3.8) is 0 Å². The number of nitrogens with two attached hydrogens (primary N) is 1. The Morgan fingerprint density at radius 1 is 1.56 bits per heavy atom. The highest BCUT2D eigenvalue weighted by Crippen LogP contribution is 2.28. The number of thiocarbonyl (C=S) groups is 1. The van der Waals surface area contributed by atoms with Crippen LogP contribution in [0.2, 0.25) is 0 Å². The molecule has 5 heteroatoms. The van der Waals surface area contributed by atoms with Gasteiger partial charge in [-0.05, 0) is 18.4 Å². The molecule has 1 aromatic carbocycles. The van der Waals surface area contributed by atoms with E-state index in [0.717, 1.165) is 16.1 Å². The fourth-order valence-corrected chi connectivity index (χ4v) is 2.44. The molecule has 0 amide bonds. The largest absolute Gasteiger partial charge is 0.395 e. The van der Waals surface area contributed by atoms with Crippen LogP contribution < -0.4 is 10.6 Å². The Hall–Kier alpha value is -0.780. The summed E-state index contributed by atoms with van der Waals surface area (Å²) in [5, 5.41) is 8.94. The van der Waals surface area contributed by atoms with Gasteiger partial charge < -0.3 is 15.7 Å². The Balaban J connectivity index is 3.21. The SMILES string of the molecule is CSc1cccc(N(C)CCO)c1C(N)=S. The highest BCUT2D eigenvalue weighted by atomic mass is 32.2. The summed E-state index contributed by atoms with van der Waals surface area (Å²) in [6, 6.07) is 5.93. The number of rotatable bonds is 5. The van der Waals surface area contributed by atoms with E-state index in [9.17, 15) is 0 Å². The molecule has 0 atom stereocenters. The molecule has 0 radical (unpaired) electrons. The molecular weight excluding hydrogens is 240 g/mol. The summed E-state index contributed by atoms with van der Waals surface area (Å²) in [6.45, 7) is 0.671. The first-order chi connectivity index (χ1) is 7.61. The van der Waals surface area contributed by atoms with E-state index in [1.54, 1.807) is 11.8 Å². The Morgan fingerprint density at radius 2 is 2.25 bits per heavy atom. The number of thioether (sulfide) groups is 1. The maximum Gasteiger partial charge on any atom is 0.107 e. The van der Waals surface area contributed by atoms with E-state index in [4.69, 9.17) is 23.1 Å². The molecule has 0 fully saturated rings. The first-order valence-electron chi connectivity index (χ1n) is 4.90. The van der Waals surface area contributed by atoms with Crippen molar-refractivity contribution in [3.8, 4) is 0 Å². The predicted molar refractivity (Wildman–Crippen MR) is 74.5 cm³/mol. The van der Waals surface area contributed by atoms with E-state index >= 15 is 0 Å². The first kappa shape index (κ1) is 13.3. The number of hydrogen-bond donors (Lipinski definition) is 2. The van der Waals surface area contributed by atoms with Crippen LogP contribution in [0.3, 0.4) is 0 Å². The third-order valence-electron chi connectivity index (χ3n) is 2.32. The Bertz CT molecular complexity index is 382. The summed E-state index contributed by atoms with van der Waals surface area (Å²) < 4.78 is 0. The topological polar surface area (TPSA) is 49.5 Å². The molecule has 3 N–H and O–H groups in total. The van der Waals surface area contributed by atoms with Crippen molar-refractivity contribution in [2.24, 2.45) is 5.73 Å². The van der Waals surface area contributed by atoms with Gasteiger partial charge in [-0.1, -0.05) is 18.3 Å². The lowest BCUT2D eigenvalue weighted by Gasteiger charge is -2.22. The molecule has 88 valence electrons. The third kappa shape index (κ3) is 2.87. The molecule has 1 aromatic rings. The lowest BCUT2D eigenvalue weighted by atomic mass is 10.1. The van der Waals surface area contributed by atoms with Crippen molar-refractivity contribution in [2.45, 2.75) is 4.90 Å². The van der Waals surface area contributed by atoms with Gasteiger partial charge in [0.15, 0.2) is 0 Å². The predicted octanol–water partition coefficient (Wildman–Crippen LogP) is 1.47. The molecule has 0 aliphatic carbocycles. The zero-order valence-corrected chi connectivity index (χ0v) is 11.1. The molecule has 0 heterocycles. The van der Waals surface area contributed by atoms with E-state index in [-0.39, 0.29) is 6.61 Å². The van der Waals surface area contributed by atoms with Gasteiger partial charge >= 0.3 is 0 Å². The van der Waals surface area contributed by atoms with Crippen LogP contribution in [0, 0.1) is 0 Å². The number of hydrogen-bond acceptors (Lipinski definition) is 4. The van der Waals surface area contributed by atoms with Crippen LogP contribution in [0.1, 0.15) is 5.56 Å². The van der Waals surface area contributed by atoms with Crippen molar-refractivity contribution in [1.82, 2.24) is 0 Å². The molecule has 0 saturated heterocycles. The maximum atomic E-state index is 8.94. The van der Waals surface area contributed by atoms with Gasteiger partial charge in [0, 0.05) is 29.7 Å². The highest BCUT2D eigenvalue weighted by molar-refractivity contribution is 7.98. The lowest BCUT2D eigenvalue weighted by molar-refractivity contribution is 0.304. The van der Waals surface area contributed by atoms with Gasteiger partial charge in [-0.15, -0.1) is 11.8 Å².